The van der Waals surface area contributed by atoms with Gasteiger partial charge in [0.05, 0.1) is 5.56 Å². The van der Waals surface area contributed by atoms with Crippen molar-refractivity contribution < 1.29 is 18.3 Å². The van der Waals surface area contributed by atoms with E-state index in [-0.39, 0.29) is 15.6 Å². The fourth-order valence-corrected chi connectivity index (χ4v) is 1.99. The molecule has 0 aromatic carbocycles. The highest BCUT2D eigenvalue weighted by Gasteiger charge is 2.21. The number of carboxylic acid groups (broad SMARTS) is 1. The van der Waals surface area contributed by atoms with Gasteiger partial charge in [-0.15, -0.1) is 0 Å². The number of rotatable bonds is 3. The lowest BCUT2D eigenvalue weighted by molar-refractivity contribution is 0.0696. The van der Waals surface area contributed by atoms with Crippen LogP contribution in [-0.2, 0) is 10.0 Å². The molecule has 0 atom stereocenters. The fraction of sp³-hybridized carbons (Fsp3) is 0.250. The van der Waals surface area contributed by atoms with E-state index in [1.165, 1.54) is 14.1 Å². The molecule has 0 saturated heterocycles. The first kappa shape index (κ1) is 12.9. The van der Waals surface area contributed by atoms with Crippen molar-refractivity contribution in [3.05, 3.63) is 23.0 Å². The van der Waals surface area contributed by atoms with Gasteiger partial charge in [-0.25, -0.2) is 22.5 Å². The third kappa shape index (κ3) is 2.31. The maximum Gasteiger partial charge on any atom is 0.338 e. The summed E-state index contributed by atoms with van der Waals surface area (Å²) in [6.45, 7) is 0. The molecule has 0 fully saturated rings. The normalized spacial score (nSPS) is 11.8. The van der Waals surface area contributed by atoms with Crippen molar-refractivity contribution >= 4 is 27.6 Å². The van der Waals surface area contributed by atoms with Gasteiger partial charge in [-0.2, -0.15) is 0 Å². The van der Waals surface area contributed by atoms with Crippen LogP contribution in [0.2, 0.25) is 5.15 Å². The van der Waals surface area contributed by atoms with Gasteiger partial charge in [-0.3, -0.25) is 0 Å². The minimum Gasteiger partial charge on any atom is -0.478 e. The number of sulfonamides is 1. The molecule has 0 spiro atoms. The van der Waals surface area contributed by atoms with E-state index in [2.05, 4.69) is 4.98 Å². The van der Waals surface area contributed by atoms with Crippen LogP contribution in [0.5, 0.6) is 0 Å². The Hall–Kier alpha value is -1.18. The number of halogens is 1. The van der Waals surface area contributed by atoms with Crippen molar-refractivity contribution in [2.24, 2.45) is 0 Å². The first-order valence-electron chi connectivity index (χ1n) is 4.08. The number of aromatic carboxylic acids is 1. The van der Waals surface area contributed by atoms with Crippen LogP contribution < -0.4 is 0 Å². The van der Waals surface area contributed by atoms with E-state index in [1.54, 1.807) is 0 Å². The van der Waals surface area contributed by atoms with Gasteiger partial charge < -0.3 is 5.11 Å². The summed E-state index contributed by atoms with van der Waals surface area (Å²) in [7, 11) is -1.03. The largest absolute Gasteiger partial charge is 0.478 e. The van der Waals surface area contributed by atoms with Crippen molar-refractivity contribution in [2.45, 2.75) is 4.90 Å². The van der Waals surface area contributed by atoms with Gasteiger partial charge >= 0.3 is 5.97 Å². The van der Waals surface area contributed by atoms with Crippen molar-refractivity contribution in [2.75, 3.05) is 14.1 Å². The van der Waals surface area contributed by atoms with Gasteiger partial charge in [0.25, 0.3) is 0 Å². The van der Waals surface area contributed by atoms with Crippen LogP contribution in [0.15, 0.2) is 17.2 Å². The molecule has 1 N–H and O–H groups in total. The Morgan fingerprint density at radius 1 is 1.50 bits per heavy atom. The van der Waals surface area contributed by atoms with Gasteiger partial charge in [-0.1, -0.05) is 11.6 Å². The number of carboxylic acids is 1. The predicted octanol–water partition coefficient (Wildman–Crippen LogP) is 0.684. The fourth-order valence-electron chi connectivity index (χ4n) is 0.931. The molecule has 16 heavy (non-hydrogen) atoms. The second-order valence-electron chi connectivity index (χ2n) is 3.10. The van der Waals surface area contributed by atoms with E-state index in [9.17, 15) is 13.2 Å². The van der Waals surface area contributed by atoms with Gasteiger partial charge in [0.1, 0.15) is 10.0 Å². The highest BCUT2D eigenvalue weighted by molar-refractivity contribution is 7.89. The molecule has 1 rings (SSSR count). The van der Waals surface area contributed by atoms with E-state index in [0.717, 1.165) is 16.6 Å². The predicted molar refractivity (Wildman–Crippen MR) is 57.1 cm³/mol. The van der Waals surface area contributed by atoms with Crippen molar-refractivity contribution in [1.82, 2.24) is 9.29 Å². The second-order valence-corrected chi connectivity index (χ2v) is 5.61. The van der Waals surface area contributed by atoms with E-state index < -0.39 is 16.0 Å². The number of pyridine rings is 1. The Morgan fingerprint density at radius 3 is 2.50 bits per heavy atom. The van der Waals surface area contributed by atoms with Crippen LogP contribution in [-0.4, -0.2) is 42.9 Å². The third-order valence-corrected chi connectivity index (χ3v) is 3.90. The Balaban J connectivity index is 3.40. The molecular weight excluding hydrogens is 256 g/mol. The average Bonchev–Trinajstić information content (AvgIpc) is 2.17. The lowest BCUT2D eigenvalue weighted by Crippen LogP contribution is -2.22. The first-order valence-corrected chi connectivity index (χ1v) is 5.90. The summed E-state index contributed by atoms with van der Waals surface area (Å²) in [6.07, 6.45) is 1.02. The van der Waals surface area contributed by atoms with Crippen LogP contribution in [0.3, 0.4) is 0 Å². The monoisotopic (exact) mass is 264 g/mol. The zero-order valence-electron chi connectivity index (χ0n) is 8.51. The summed E-state index contributed by atoms with van der Waals surface area (Å²) < 4.78 is 24.3. The van der Waals surface area contributed by atoms with E-state index in [0.29, 0.717) is 0 Å². The van der Waals surface area contributed by atoms with Crippen LogP contribution in [0.25, 0.3) is 0 Å². The molecule has 0 amide bonds. The van der Waals surface area contributed by atoms with Gasteiger partial charge in [-0.05, 0) is 6.07 Å². The maximum atomic E-state index is 11.7. The number of hydrogen-bond acceptors (Lipinski definition) is 4. The molecular formula is C8H9ClN2O4S. The summed E-state index contributed by atoms with van der Waals surface area (Å²) in [5, 5.41) is 8.52. The summed E-state index contributed by atoms with van der Waals surface area (Å²) in [4.78, 5) is 14.1. The average molecular weight is 265 g/mol. The molecule has 0 aliphatic rings. The van der Waals surface area contributed by atoms with Crippen LogP contribution in [0.1, 0.15) is 10.4 Å². The quantitative estimate of drug-likeness (QED) is 0.812. The minimum absolute atomic E-state index is 0.209. The molecule has 1 aromatic rings. The number of carbonyl (C=O) groups is 1. The molecule has 88 valence electrons. The highest BCUT2D eigenvalue weighted by Crippen LogP contribution is 2.19. The Bertz CT molecular complexity index is 527. The lowest BCUT2D eigenvalue weighted by atomic mass is 10.3. The van der Waals surface area contributed by atoms with E-state index >= 15 is 0 Å². The smallest absolute Gasteiger partial charge is 0.338 e. The molecule has 0 aliphatic heterocycles. The first-order chi connectivity index (χ1) is 7.26. The molecule has 0 bridgehead atoms. The maximum absolute atomic E-state index is 11.7. The van der Waals surface area contributed by atoms with Gasteiger partial charge in [0.2, 0.25) is 10.0 Å². The SMILES string of the molecule is CN(C)S(=O)(=O)c1cnc(Cl)c(C(=O)O)c1. The van der Waals surface area contributed by atoms with Crippen LogP contribution in [0.4, 0.5) is 0 Å². The Morgan fingerprint density at radius 2 is 2.06 bits per heavy atom. The summed E-state index contributed by atoms with van der Waals surface area (Å²) in [5.41, 5.74) is -0.343. The minimum atomic E-state index is -3.70. The third-order valence-electron chi connectivity index (χ3n) is 1.82. The van der Waals surface area contributed by atoms with Gasteiger partial charge in [0, 0.05) is 20.3 Å². The molecule has 1 heterocycles. The molecule has 0 unspecified atom stereocenters. The molecule has 0 aliphatic carbocycles. The zero-order valence-corrected chi connectivity index (χ0v) is 10.1. The standard InChI is InChI=1S/C8H9ClN2O4S/c1-11(2)16(14,15)5-3-6(8(12)13)7(9)10-4-5/h3-4H,1-2H3,(H,12,13). The van der Waals surface area contributed by atoms with E-state index in [1.807, 2.05) is 0 Å². The zero-order chi connectivity index (χ0) is 12.5. The molecule has 8 heteroatoms. The van der Waals surface area contributed by atoms with Crippen molar-refractivity contribution in [1.29, 1.82) is 0 Å². The van der Waals surface area contributed by atoms with Crippen molar-refractivity contribution in [3.63, 3.8) is 0 Å². The van der Waals surface area contributed by atoms with Gasteiger partial charge in [0.15, 0.2) is 0 Å². The molecule has 1 aromatic heterocycles. The lowest BCUT2D eigenvalue weighted by Gasteiger charge is -2.11. The summed E-state index contributed by atoms with van der Waals surface area (Å²) in [5.74, 6) is -1.33. The summed E-state index contributed by atoms with van der Waals surface area (Å²) >= 11 is 5.52. The summed E-state index contributed by atoms with van der Waals surface area (Å²) in [6, 6.07) is 0.979. The number of hydrogen-bond donors (Lipinski definition) is 1. The molecule has 0 saturated carbocycles. The number of aromatic nitrogens is 1. The topological polar surface area (TPSA) is 87.6 Å². The molecule has 0 radical (unpaired) electrons. The van der Waals surface area contributed by atoms with Crippen LogP contribution in [0, 0.1) is 0 Å². The Kier molecular flexibility index (Phi) is 3.51. The molecule has 6 nitrogen and oxygen atoms in total. The highest BCUT2D eigenvalue weighted by atomic mass is 35.5. The second kappa shape index (κ2) is 4.36. The Labute approximate surface area is 97.5 Å². The van der Waals surface area contributed by atoms with Crippen molar-refractivity contribution in [3.8, 4) is 0 Å². The number of nitrogens with zero attached hydrogens (tertiary/aromatic N) is 2. The van der Waals surface area contributed by atoms with E-state index in [4.69, 9.17) is 16.7 Å². The van der Waals surface area contributed by atoms with Crippen LogP contribution >= 0.6 is 11.6 Å².